The largest absolute Gasteiger partial charge is 0.480 e. The van der Waals surface area contributed by atoms with Gasteiger partial charge in [0, 0.05) is 4.75 Å². The summed E-state index contributed by atoms with van der Waals surface area (Å²) in [6.45, 7) is 5.32. The Morgan fingerprint density at radius 1 is 1.47 bits per heavy atom. The minimum Gasteiger partial charge on any atom is -0.480 e. The van der Waals surface area contributed by atoms with E-state index >= 15 is 0 Å². The number of hydrogen-bond donors (Lipinski definition) is 3. The maximum atomic E-state index is 11.2. The van der Waals surface area contributed by atoms with Crippen molar-refractivity contribution < 1.29 is 15.0 Å². The van der Waals surface area contributed by atoms with Crippen LogP contribution in [0.4, 0.5) is 0 Å². The molecule has 2 aliphatic heterocycles. The van der Waals surface area contributed by atoms with Gasteiger partial charge in [0.2, 0.25) is 0 Å². The molecule has 0 radical (unpaired) electrons. The van der Waals surface area contributed by atoms with E-state index in [0.717, 1.165) is 0 Å². The molecule has 15 heavy (non-hydrogen) atoms. The molecule has 0 amide bonds. The van der Waals surface area contributed by atoms with Crippen LogP contribution in [0.25, 0.3) is 0 Å². The molecule has 0 aromatic carbocycles. The predicted octanol–water partition coefficient (Wildman–Crippen LogP) is -0.357. The molecular weight excluding hydrogens is 216 g/mol. The number of rotatable bonds is 1. The number of nitrogens with two attached hydrogens (primary N) is 1. The fourth-order valence-electron chi connectivity index (χ4n) is 2.46. The van der Waals surface area contributed by atoms with Crippen LogP contribution in [0.15, 0.2) is 0 Å². The molecule has 2 aliphatic rings. The van der Waals surface area contributed by atoms with E-state index in [-0.39, 0.29) is 11.4 Å². The summed E-state index contributed by atoms with van der Waals surface area (Å²) < 4.78 is -0.422. The van der Waals surface area contributed by atoms with Crippen molar-refractivity contribution in [3.63, 3.8) is 0 Å². The second-order valence-corrected chi connectivity index (χ2v) is 6.65. The molecule has 0 saturated carbocycles. The van der Waals surface area contributed by atoms with Crippen molar-refractivity contribution in [2.75, 3.05) is 0 Å². The molecule has 2 saturated heterocycles. The van der Waals surface area contributed by atoms with Gasteiger partial charge in [0.05, 0.1) is 11.4 Å². The van der Waals surface area contributed by atoms with E-state index in [9.17, 15) is 15.0 Å². The molecule has 3 unspecified atom stereocenters. The van der Waals surface area contributed by atoms with Gasteiger partial charge in [0.15, 0.2) is 0 Å². The number of thioether (sulfide) groups is 1. The van der Waals surface area contributed by atoms with Crippen molar-refractivity contribution in [2.45, 2.75) is 48.7 Å². The Balaban J connectivity index is 2.35. The first kappa shape index (κ1) is 11.2. The van der Waals surface area contributed by atoms with Gasteiger partial charge < -0.3 is 15.9 Å². The van der Waals surface area contributed by atoms with Gasteiger partial charge >= 0.3 is 5.97 Å². The number of carboxylic acids is 1. The number of fused-ring (bicyclic) bond motifs is 1. The Morgan fingerprint density at radius 3 is 2.47 bits per heavy atom. The second-order valence-electron chi connectivity index (χ2n) is 4.88. The summed E-state index contributed by atoms with van der Waals surface area (Å²) in [6.07, 6.45) is 0. The minimum absolute atomic E-state index is 0.0869. The SMILES string of the molecule is CC1(C)SC2[C@@H](N)C(C)(O)N2C1C(=O)O. The molecule has 0 bridgehead atoms. The van der Waals surface area contributed by atoms with Crippen molar-refractivity contribution in [1.82, 2.24) is 4.90 Å². The average molecular weight is 232 g/mol. The lowest BCUT2D eigenvalue weighted by molar-refractivity contribution is -0.215. The van der Waals surface area contributed by atoms with Crippen LogP contribution < -0.4 is 5.73 Å². The zero-order valence-corrected chi connectivity index (χ0v) is 9.78. The number of carboxylic acid groups (broad SMARTS) is 1. The normalized spacial score (nSPS) is 48.5. The summed E-state index contributed by atoms with van der Waals surface area (Å²) >= 11 is 1.52. The molecule has 4 N–H and O–H groups in total. The zero-order valence-electron chi connectivity index (χ0n) is 8.97. The smallest absolute Gasteiger partial charge is 0.322 e. The Labute approximate surface area is 92.6 Å². The van der Waals surface area contributed by atoms with E-state index in [1.165, 1.54) is 11.8 Å². The third kappa shape index (κ3) is 1.25. The first-order chi connectivity index (χ1) is 6.69. The highest BCUT2D eigenvalue weighted by Gasteiger charge is 2.68. The van der Waals surface area contributed by atoms with Crippen LogP contribution in [0.3, 0.4) is 0 Å². The fourth-order valence-corrected chi connectivity index (χ4v) is 4.27. The van der Waals surface area contributed by atoms with Crippen LogP contribution >= 0.6 is 11.8 Å². The van der Waals surface area contributed by atoms with E-state index < -0.39 is 22.5 Å². The molecule has 0 aromatic rings. The molecule has 86 valence electrons. The lowest BCUT2D eigenvalue weighted by Crippen LogP contribution is -2.78. The summed E-state index contributed by atoms with van der Waals surface area (Å²) in [6, 6.07) is -1.06. The van der Waals surface area contributed by atoms with Crippen LogP contribution in [-0.4, -0.2) is 49.0 Å². The maximum absolute atomic E-state index is 11.2. The van der Waals surface area contributed by atoms with Crippen LogP contribution in [0.1, 0.15) is 20.8 Å². The highest BCUT2D eigenvalue weighted by atomic mass is 32.2. The zero-order chi connectivity index (χ0) is 11.6. The molecule has 6 heteroatoms. The topological polar surface area (TPSA) is 86.8 Å². The standard InChI is InChI=1S/C9H16N2O3S/c1-8(2)5(7(12)13)11-6(15-8)4(10)9(11,3)14/h4-6,14H,10H2,1-3H3,(H,12,13)/t4-,5?,6?,9?/m1/s1. The van der Waals surface area contributed by atoms with Crippen molar-refractivity contribution >= 4 is 17.7 Å². The van der Waals surface area contributed by atoms with Gasteiger partial charge in [0.25, 0.3) is 0 Å². The molecular formula is C9H16N2O3S. The van der Waals surface area contributed by atoms with Crippen molar-refractivity contribution in [3.8, 4) is 0 Å². The van der Waals surface area contributed by atoms with Gasteiger partial charge in [0.1, 0.15) is 11.8 Å². The average Bonchev–Trinajstić information content (AvgIpc) is 2.35. The molecule has 4 atom stereocenters. The van der Waals surface area contributed by atoms with Crippen molar-refractivity contribution in [2.24, 2.45) is 5.73 Å². The third-order valence-electron chi connectivity index (χ3n) is 3.33. The van der Waals surface area contributed by atoms with E-state index in [1.54, 1.807) is 11.8 Å². The number of aliphatic carboxylic acids is 1. The van der Waals surface area contributed by atoms with E-state index in [0.29, 0.717) is 0 Å². The Morgan fingerprint density at radius 2 is 2.00 bits per heavy atom. The Hall–Kier alpha value is -0.300. The van der Waals surface area contributed by atoms with E-state index in [2.05, 4.69) is 0 Å². The second kappa shape index (κ2) is 2.88. The van der Waals surface area contributed by atoms with Gasteiger partial charge in [-0.3, -0.25) is 4.79 Å². The van der Waals surface area contributed by atoms with Gasteiger partial charge in [-0.2, -0.15) is 0 Å². The van der Waals surface area contributed by atoms with Gasteiger partial charge in [-0.05, 0) is 20.8 Å². The minimum atomic E-state index is -1.20. The number of nitrogens with zero attached hydrogens (tertiary/aromatic N) is 1. The fraction of sp³-hybridized carbons (Fsp3) is 0.889. The quantitative estimate of drug-likeness (QED) is 0.572. The molecule has 5 nitrogen and oxygen atoms in total. The van der Waals surface area contributed by atoms with Crippen LogP contribution in [0.2, 0.25) is 0 Å². The van der Waals surface area contributed by atoms with E-state index in [1.807, 2.05) is 13.8 Å². The Bertz CT molecular complexity index is 318. The van der Waals surface area contributed by atoms with Crippen LogP contribution in [0.5, 0.6) is 0 Å². The summed E-state index contributed by atoms with van der Waals surface area (Å²) in [7, 11) is 0. The monoisotopic (exact) mass is 232 g/mol. The third-order valence-corrected chi connectivity index (χ3v) is 4.92. The first-order valence-electron chi connectivity index (χ1n) is 4.86. The summed E-state index contributed by atoms with van der Waals surface area (Å²) in [5.74, 6) is -0.901. The number of hydrogen-bond acceptors (Lipinski definition) is 5. The maximum Gasteiger partial charge on any atom is 0.322 e. The van der Waals surface area contributed by atoms with Crippen LogP contribution in [0, 0.1) is 0 Å². The molecule has 2 heterocycles. The van der Waals surface area contributed by atoms with Gasteiger partial charge in [-0.25, -0.2) is 4.90 Å². The van der Waals surface area contributed by atoms with E-state index in [4.69, 9.17) is 5.73 Å². The van der Waals surface area contributed by atoms with Crippen molar-refractivity contribution in [1.29, 1.82) is 0 Å². The molecule has 0 spiro atoms. The van der Waals surface area contributed by atoms with Crippen molar-refractivity contribution in [3.05, 3.63) is 0 Å². The number of carbonyl (C=O) groups is 1. The number of aliphatic hydroxyl groups is 1. The lowest BCUT2D eigenvalue weighted by Gasteiger charge is -2.55. The summed E-state index contributed by atoms with van der Waals surface area (Å²) in [5.41, 5.74) is 4.62. The Kier molecular flexibility index (Phi) is 2.15. The lowest BCUT2D eigenvalue weighted by atomic mass is 9.88. The summed E-state index contributed by atoms with van der Waals surface area (Å²) in [4.78, 5) is 12.8. The first-order valence-corrected chi connectivity index (χ1v) is 5.74. The predicted molar refractivity (Wildman–Crippen MR) is 57.3 cm³/mol. The molecule has 0 aliphatic carbocycles. The van der Waals surface area contributed by atoms with Gasteiger partial charge in [-0.15, -0.1) is 11.8 Å². The molecule has 0 aromatic heterocycles. The summed E-state index contributed by atoms with van der Waals surface area (Å²) in [5, 5.41) is 19.1. The molecule has 2 rings (SSSR count). The highest BCUT2D eigenvalue weighted by molar-refractivity contribution is 8.01. The highest BCUT2D eigenvalue weighted by Crippen LogP contribution is 2.55. The van der Waals surface area contributed by atoms with Crippen LogP contribution in [-0.2, 0) is 4.79 Å². The van der Waals surface area contributed by atoms with Gasteiger partial charge in [-0.1, -0.05) is 0 Å². The molecule has 2 fully saturated rings.